The van der Waals surface area contributed by atoms with Gasteiger partial charge in [-0.25, -0.2) is 8.42 Å². The van der Waals surface area contributed by atoms with Gasteiger partial charge in [-0.3, -0.25) is 4.79 Å². The molecule has 2 fully saturated rings. The molecule has 0 unspecified atom stereocenters. The molecule has 2 aliphatic rings. The normalized spacial score (nSPS) is 26.8. The number of rotatable bonds is 4. The number of hydrogen-bond acceptors (Lipinski definition) is 5. The molecule has 23 heavy (non-hydrogen) atoms. The average Bonchev–Trinajstić information content (AvgIpc) is 3.37. The number of amides is 1. The fourth-order valence-electron chi connectivity index (χ4n) is 3.20. The summed E-state index contributed by atoms with van der Waals surface area (Å²) in [5.74, 6) is -0.670. The number of benzene rings is 1. The first-order valence-electron chi connectivity index (χ1n) is 7.80. The lowest BCUT2D eigenvalue weighted by Crippen LogP contribution is -2.53. The van der Waals surface area contributed by atoms with Crippen molar-refractivity contribution in [1.82, 2.24) is 4.90 Å². The second kappa shape index (κ2) is 5.89. The molecule has 1 aliphatic carbocycles. The Bertz CT molecular complexity index is 684. The van der Waals surface area contributed by atoms with Crippen molar-refractivity contribution in [2.24, 2.45) is 5.92 Å². The van der Waals surface area contributed by atoms with Crippen LogP contribution in [0.4, 0.5) is 0 Å². The van der Waals surface area contributed by atoms with E-state index in [2.05, 4.69) is 0 Å². The molecular formula is C16H21NO5S. The van der Waals surface area contributed by atoms with Crippen molar-refractivity contribution in [3.05, 3.63) is 30.3 Å². The highest BCUT2D eigenvalue weighted by molar-refractivity contribution is 7.94. The van der Waals surface area contributed by atoms with Crippen LogP contribution in [0.3, 0.4) is 0 Å². The van der Waals surface area contributed by atoms with Gasteiger partial charge < -0.3 is 15.1 Å². The Kier molecular flexibility index (Phi) is 4.20. The number of nitrogens with zero attached hydrogens (tertiary/aromatic N) is 1. The second-order valence-electron chi connectivity index (χ2n) is 6.36. The molecular weight excluding hydrogens is 318 g/mol. The number of hydrogen-bond donors (Lipinski definition) is 2. The maximum absolute atomic E-state index is 12.9. The van der Waals surface area contributed by atoms with Crippen LogP contribution >= 0.6 is 0 Å². The van der Waals surface area contributed by atoms with Gasteiger partial charge in [0.05, 0.1) is 11.0 Å². The van der Waals surface area contributed by atoms with E-state index in [0.29, 0.717) is 25.8 Å². The molecule has 7 heteroatoms. The van der Waals surface area contributed by atoms with Crippen molar-refractivity contribution in [2.45, 2.75) is 35.0 Å². The molecule has 6 nitrogen and oxygen atoms in total. The number of likely N-dealkylation sites (tertiary alicyclic amines) is 1. The van der Waals surface area contributed by atoms with Crippen molar-refractivity contribution in [2.75, 3.05) is 19.7 Å². The summed E-state index contributed by atoms with van der Waals surface area (Å²) in [7, 11) is -3.73. The zero-order chi connectivity index (χ0) is 16.7. The Labute approximate surface area is 135 Å². The molecule has 0 spiro atoms. The number of aliphatic hydroxyl groups excluding tert-OH is 2. The van der Waals surface area contributed by atoms with Gasteiger partial charge in [0, 0.05) is 25.6 Å². The molecule has 1 aromatic carbocycles. The Hall–Kier alpha value is -1.44. The minimum atomic E-state index is -3.73. The Morgan fingerprint density at radius 2 is 1.91 bits per heavy atom. The summed E-state index contributed by atoms with van der Waals surface area (Å²) in [6.07, 6.45) is 0.302. The third kappa shape index (κ3) is 2.66. The molecule has 1 saturated carbocycles. The first kappa shape index (κ1) is 16.4. The lowest BCUT2D eigenvalue weighted by atomic mass is 9.94. The van der Waals surface area contributed by atoms with Gasteiger partial charge >= 0.3 is 0 Å². The molecule has 2 atom stereocenters. The highest BCUT2D eigenvalue weighted by Crippen LogP contribution is 2.48. The fraction of sp³-hybridized carbons (Fsp3) is 0.562. The topological polar surface area (TPSA) is 94.9 Å². The van der Waals surface area contributed by atoms with Crippen LogP contribution in [0.15, 0.2) is 35.2 Å². The van der Waals surface area contributed by atoms with Crippen LogP contribution in [-0.2, 0) is 14.6 Å². The first-order chi connectivity index (χ1) is 10.9. The molecule has 0 bridgehead atoms. The number of carbonyl (C=O) groups excluding carboxylic acids is 1. The van der Waals surface area contributed by atoms with Crippen LogP contribution in [0.5, 0.6) is 0 Å². The maximum Gasteiger partial charge on any atom is 0.244 e. The standard InChI is InChI=1S/C16H21NO5S/c18-11-12-6-9-17(10-14(12)19)15(20)16(7-8-16)23(21,22)13-4-2-1-3-5-13/h1-5,12,14,18-19H,6-11H2/t12-,14+/m1/s1. The molecule has 3 rings (SSSR count). The average molecular weight is 339 g/mol. The minimum Gasteiger partial charge on any atom is -0.396 e. The van der Waals surface area contributed by atoms with Crippen LogP contribution in [0.1, 0.15) is 19.3 Å². The number of piperidine rings is 1. The summed E-state index contributed by atoms with van der Waals surface area (Å²) in [4.78, 5) is 14.4. The van der Waals surface area contributed by atoms with E-state index in [0.717, 1.165) is 0 Å². The minimum absolute atomic E-state index is 0.0795. The van der Waals surface area contributed by atoms with Gasteiger partial charge in [-0.1, -0.05) is 18.2 Å². The Morgan fingerprint density at radius 1 is 1.26 bits per heavy atom. The van der Waals surface area contributed by atoms with E-state index in [4.69, 9.17) is 0 Å². The van der Waals surface area contributed by atoms with Crippen molar-refractivity contribution >= 4 is 15.7 Å². The van der Waals surface area contributed by atoms with Crippen LogP contribution in [0, 0.1) is 5.92 Å². The van der Waals surface area contributed by atoms with E-state index in [9.17, 15) is 23.4 Å². The monoisotopic (exact) mass is 339 g/mol. The van der Waals surface area contributed by atoms with Crippen LogP contribution < -0.4 is 0 Å². The number of β-amino-alcohol motifs (C(OH)–C–C–N with tert-alkyl or cyclic N) is 1. The van der Waals surface area contributed by atoms with E-state index < -0.39 is 26.6 Å². The summed E-state index contributed by atoms with van der Waals surface area (Å²) >= 11 is 0. The summed E-state index contributed by atoms with van der Waals surface area (Å²) in [6.45, 7) is 0.319. The van der Waals surface area contributed by atoms with Gasteiger partial charge in [-0.15, -0.1) is 0 Å². The molecule has 2 N–H and O–H groups in total. The predicted octanol–water partition coefficient (Wildman–Crippen LogP) is 0.195. The lowest BCUT2D eigenvalue weighted by Gasteiger charge is -2.36. The second-order valence-corrected chi connectivity index (χ2v) is 8.62. The fourth-order valence-corrected chi connectivity index (χ4v) is 5.17. The van der Waals surface area contributed by atoms with E-state index in [-0.39, 0.29) is 24.0 Å². The molecule has 1 saturated heterocycles. The molecule has 0 aromatic heterocycles. The van der Waals surface area contributed by atoms with Gasteiger partial charge in [0.2, 0.25) is 5.91 Å². The zero-order valence-corrected chi connectivity index (χ0v) is 13.6. The highest BCUT2D eigenvalue weighted by atomic mass is 32.2. The zero-order valence-electron chi connectivity index (χ0n) is 12.8. The Morgan fingerprint density at radius 3 is 2.43 bits per heavy atom. The van der Waals surface area contributed by atoms with E-state index in [1.54, 1.807) is 18.2 Å². The van der Waals surface area contributed by atoms with Gasteiger partial charge in [0.15, 0.2) is 14.6 Å². The summed E-state index contributed by atoms with van der Waals surface area (Å²) in [5, 5.41) is 19.2. The number of sulfone groups is 1. The third-order valence-electron chi connectivity index (χ3n) is 4.90. The quantitative estimate of drug-likeness (QED) is 0.817. The van der Waals surface area contributed by atoms with Gasteiger partial charge in [0.1, 0.15) is 0 Å². The summed E-state index contributed by atoms with van der Waals surface area (Å²) in [6, 6.07) is 8.04. The molecule has 1 heterocycles. The van der Waals surface area contributed by atoms with Crippen LogP contribution in [-0.4, -0.2) is 60.0 Å². The predicted molar refractivity (Wildman–Crippen MR) is 83.4 cm³/mol. The van der Waals surface area contributed by atoms with Crippen LogP contribution in [0.25, 0.3) is 0 Å². The van der Waals surface area contributed by atoms with E-state index in [1.165, 1.54) is 17.0 Å². The summed E-state index contributed by atoms with van der Waals surface area (Å²) in [5.41, 5.74) is 0. The van der Waals surface area contributed by atoms with Gasteiger partial charge in [-0.2, -0.15) is 0 Å². The first-order valence-corrected chi connectivity index (χ1v) is 9.29. The van der Waals surface area contributed by atoms with Gasteiger partial charge in [0.25, 0.3) is 0 Å². The number of aliphatic hydroxyl groups is 2. The van der Waals surface area contributed by atoms with E-state index in [1.807, 2.05) is 0 Å². The third-order valence-corrected chi connectivity index (χ3v) is 7.41. The van der Waals surface area contributed by atoms with Gasteiger partial charge in [-0.05, 0) is 31.4 Å². The summed E-state index contributed by atoms with van der Waals surface area (Å²) < 4.78 is 24.3. The Balaban J connectivity index is 1.83. The highest BCUT2D eigenvalue weighted by Gasteiger charge is 2.62. The van der Waals surface area contributed by atoms with Crippen molar-refractivity contribution in [3.8, 4) is 0 Å². The van der Waals surface area contributed by atoms with Crippen molar-refractivity contribution in [1.29, 1.82) is 0 Å². The molecule has 1 amide bonds. The van der Waals surface area contributed by atoms with E-state index >= 15 is 0 Å². The van der Waals surface area contributed by atoms with Crippen molar-refractivity contribution in [3.63, 3.8) is 0 Å². The van der Waals surface area contributed by atoms with Crippen LogP contribution in [0.2, 0.25) is 0 Å². The largest absolute Gasteiger partial charge is 0.396 e. The molecule has 0 radical (unpaired) electrons. The molecule has 1 aliphatic heterocycles. The smallest absolute Gasteiger partial charge is 0.244 e. The maximum atomic E-state index is 12.9. The SMILES string of the molecule is O=C(N1CC[C@H](CO)[C@@H](O)C1)C1(S(=O)(=O)c2ccccc2)CC1. The lowest BCUT2D eigenvalue weighted by molar-refractivity contribution is -0.136. The molecule has 1 aromatic rings. The van der Waals surface area contributed by atoms with Crippen molar-refractivity contribution < 1.29 is 23.4 Å². The molecule has 126 valence electrons. The number of carbonyl (C=O) groups is 1.